The number of nitrogens with one attached hydrogen (secondary N) is 1. The predicted molar refractivity (Wildman–Crippen MR) is 81.2 cm³/mol. The second kappa shape index (κ2) is 9.08. The Kier molecular flexibility index (Phi) is 7.79. The van der Waals surface area contributed by atoms with Crippen LogP contribution >= 0.6 is 0 Å². The van der Waals surface area contributed by atoms with Crippen molar-refractivity contribution in [2.75, 3.05) is 0 Å². The predicted octanol–water partition coefficient (Wildman–Crippen LogP) is 5.63. The third-order valence-corrected chi connectivity index (χ3v) is 3.61. The molecule has 1 aromatic rings. The van der Waals surface area contributed by atoms with Crippen molar-refractivity contribution >= 4 is 0 Å². The van der Waals surface area contributed by atoms with Crippen LogP contribution in [-0.2, 0) is 0 Å². The van der Waals surface area contributed by atoms with Gasteiger partial charge in [0.05, 0.1) is 6.42 Å². The van der Waals surface area contributed by atoms with Gasteiger partial charge in [0.15, 0.2) is 0 Å². The SMILES string of the molecule is CCCCCCC(C)NC(CC(F)(F)F)c1ccccc1. The number of hydrogen-bond acceptors (Lipinski definition) is 1. The minimum atomic E-state index is -4.16. The molecule has 120 valence electrons. The van der Waals surface area contributed by atoms with E-state index in [0.29, 0.717) is 5.56 Å². The molecule has 1 aromatic carbocycles. The molecule has 0 aliphatic carbocycles. The van der Waals surface area contributed by atoms with Crippen LogP contribution in [0.2, 0.25) is 0 Å². The van der Waals surface area contributed by atoms with E-state index < -0.39 is 18.6 Å². The van der Waals surface area contributed by atoms with Crippen molar-refractivity contribution < 1.29 is 13.2 Å². The Morgan fingerprint density at radius 1 is 1.05 bits per heavy atom. The second-order valence-corrected chi connectivity index (χ2v) is 5.70. The Bertz CT molecular complexity index is 375. The summed E-state index contributed by atoms with van der Waals surface area (Å²) in [5, 5.41) is 3.15. The highest BCUT2D eigenvalue weighted by molar-refractivity contribution is 5.19. The van der Waals surface area contributed by atoms with Gasteiger partial charge >= 0.3 is 6.18 Å². The van der Waals surface area contributed by atoms with Gasteiger partial charge in [-0.05, 0) is 18.9 Å². The lowest BCUT2D eigenvalue weighted by atomic mass is 10.0. The minimum absolute atomic E-state index is 0.0920. The van der Waals surface area contributed by atoms with Crippen molar-refractivity contribution in [3.05, 3.63) is 35.9 Å². The van der Waals surface area contributed by atoms with Crippen LogP contribution in [0.1, 0.15) is 64.0 Å². The van der Waals surface area contributed by atoms with Crippen molar-refractivity contribution in [1.82, 2.24) is 5.32 Å². The van der Waals surface area contributed by atoms with E-state index in [9.17, 15) is 13.2 Å². The van der Waals surface area contributed by atoms with E-state index >= 15 is 0 Å². The largest absolute Gasteiger partial charge is 0.390 e. The van der Waals surface area contributed by atoms with E-state index in [1.165, 1.54) is 12.8 Å². The molecule has 1 rings (SSSR count). The maximum absolute atomic E-state index is 12.8. The summed E-state index contributed by atoms with van der Waals surface area (Å²) < 4.78 is 38.3. The molecule has 0 aromatic heterocycles. The summed E-state index contributed by atoms with van der Waals surface area (Å²) >= 11 is 0. The summed E-state index contributed by atoms with van der Waals surface area (Å²) in [6.45, 7) is 4.12. The number of halogens is 3. The topological polar surface area (TPSA) is 12.0 Å². The molecule has 0 bridgehead atoms. The smallest absolute Gasteiger partial charge is 0.307 e. The molecule has 0 radical (unpaired) electrons. The first kappa shape index (κ1) is 18.0. The second-order valence-electron chi connectivity index (χ2n) is 5.70. The maximum atomic E-state index is 12.8. The van der Waals surface area contributed by atoms with Crippen molar-refractivity contribution in [2.24, 2.45) is 0 Å². The molecule has 2 unspecified atom stereocenters. The standard InChI is InChI=1S/C17H26F3N/c1-3-4-5-7-10-14(2)21-16(13-17(18,19)20)15-11-8-6-9-12-15/h6,8-9,11-12,14,16,21H,3-5,7,10,13H2,1-2H3. The molecule has 0 fully saturated rings. The van der Waals surface area contributed by atoms with Crippen LogP contribution in [0.4, 0.5) is 13.2 Å². The van der Waals surface area contributed by atoms with Gasteiger partial charge in [0.1, 0.15) is 0 Å². The molecule has 0 aliphatic rings. The zero-order chi connectivity index (χ0) is 15.7. The van der Waals surface area contributed by atoms with Crippen LogP contribution in [0, 0.1) is 0 Å². The molecule has 0 heterocycles. The normalized spacial score (nSPS) is 14.9. The average Bonchev–Trinajstić information content (AvgIpc) is 2.42. The number of benzene rings is 1. The fourth-order valence-electron chi connectivity index (χ4n) is 2.49. The number of unbranched alkanes of at least 4 members (excludes halogenated alkanes) is 3. The van der Waals surface area contributed by atoms with Crippen molar-refractivity contribution in [3.63, 3.8) is 0 Å². The highest BCUT2D eigenvalue weighted by Crippen LogP contribution is 2.30. The lowest BCUT2D eigenvalue weighted by Gasteiger charge is -2.25. The van der Waals surface area contributed by atoms with Gasteiger partial charge in [0.2, 0.25) is 0 Å². The Morgan fingerprint density at radius 2 is 1.71 bits per heavy atom. The number of alkyl halides is 3. The van der Waals surface area contributed by atoms with E-state index in [4.69, 9.17) is 0 Å². The molecule has 0 amide bonds. The van der Waals surface area contributed by atoms with E-state index in [1.54, 1.807) is 24.3 Å². The average molecular weight is 301 g/mol. The third-order valence-electron chi connectivity index (χ3n) is 3.61. The van der Waals surface area contributed by atoms with Gasteiger partial charge in [0.25, 0.3) is 0 Å². The minimum Gasteiger partial charge on any atom is -0.307 e. The van der Waals surface area contributed by atoms with Crippen LogP contribution in [0.15, 0.2) is 30.3 Å². The van der Waals surface area contributed by atoms with Crippen LogP contribution in [-0.4, -0.2) is 12.2 Å². The quantitative estimate of drug-likeness (QED) is 0.583. The first-order valence-electron chi connectivity index (χ1n) is 7.80. The first-order valence-corrected chi connectivity index (χ1v) is 7.80. The monoisotopic (exact) mass is 301 g/mol. The van der Waals surface area contributed by atoms with E-state index in [2.05, 4.69) is 12.2 Å². The molecular formula is C17H26F3N. The molecule has 0 saturated heterocycles. The zero-order valence-electron chi connectivity index (χ0n) is 12.9. The summed E-state index contributed by atoms with van der Waals surface area (Å²) in [6, 6.07) is 8.34. The molecule has 4 heteroatoms. The van der Waals surface area contributed by atoms with Crippen molar-refractivity contribution in [2.45, 2.75) is 70.6 Å². The van der Waals surface area contributed by atoms with Gasteiger partial charge in [0, 0.05) is 12.1 Å². The molecule has 21 heavy (non-hydrogen) atoms. The summed E-state index contributed by atoms with van der Waals surface area (Å²) in [6.07, 6.45) is 0.514. The fourth-order valence-corrected chi connectivity index (χ4v) is 2.49. The summed E-state index contributed by atoms with van der Waals surface area (Å²) in [5.74, 6) is 0. The Morgan fingerprint density at radius 3 is 2.29 bits per heavy atom. The first-order chi connectivity index (χ1) is 9.92. The highest BCUT2D eigenvalue weighted by Gasteiger charge is 2.32. The Balaban J connectivity index is 2.57. The molecule has 2 atom stereocenters. The molecular weight excluding hydrogens is 275 g/mol. The van der Waals surface area contributed by atoms with E-state index in [1.807, 2.05) is 13.0 Å². The molecule has 0 saturated carbocycles. The van der Waals surface area contributed by atoms with Crippen LogP contribution in [0.5, 0.6) is 0 Å². The number of hydrogen-bond donors (Lipinski definition) is 1. The Labute approximate surface area is 125 Å². The van der Waals surface area contributed by atoms with Crippen molar-refractivity contribution in [3.8, 4) is 0 Å². The summed E-state index contributed by atoms with van der Waals surface area (Å²) in [4.78, 5) is 0. The molecule has 0 aliphatic heterocycles. The van der Waals surface area contributed by atoms with E-state index in [-0.39, 0.29) is 6.04 Å². The molecule has 1 N–H and O–H groups in total. The van der Waals surface area contributed by atoms with Crippen LogP contribution in [0.3, 0.4) is 0 Å². The lowest BCUT2D eigenvalue weighted by molar-refractivity contribution is -0.140. The summed E-state index contributed by atoms with van der Waals surface area (Å²) in [5.41, 5.74) is 0.704. The van der Waals surface area contributed by atoms with E-state index in [0.717, 1.165) is 19.3 Å². The van der Waals surface area contributed by atoms with Gasteiger partial charge in [-0.3, -0.25) is 0 Å². The van der Waals surface area contributed by atoms with Gasteiger partial charge in [-0.25, -0.2) is 0 Å². The van der Waals surface area contributed by atoms with Crippen LogP contribution < -0.4 is 5.32 Å². The van der Waals surface area contributed by atoms with Gasteiger partial charge in [-0.1, -0.05) is 62.9 Å². The number of rotatable bonds is 9. The molecule has 0 spiro atoms. The van der Waals surface area contributed by atoms with Crippen molar-refractivity contribution in [1.29, 1.82) is 0 Å². The molecule has 1 nitrogen and oxygen atoms in total. The van der Waals surface area contributed by atoms with Crippen LogP contribution in [0.25, 0.3) is 0 Å². The fraction of sp³-hybridized carbons (Fsp3) is 0.647. The lowest BCUT2D eigenvalue weighted by Crippen LogP contribution is -2.33. The highest BCUT2D eigenvalue weighted by atomic mass is 19.4. The van der Waals surface area contributed by atoms with Gasteiger partial charge < -0.3 is 5.32 Å². The zero-order valence-corrected chi connectivity index (χ0v) is 12.9. The Hall–Kier alpha value is -1.03. The van der Waals surface area contributed by atoms with Gasteiger partial charge in [-0.15, -0.1) is 0 Å². The third kappa shape index (κ3) is 8.10. The maximum Gasteiger partial charge on any atom is 0.390 e. The summed E-state index contributed by atoms with van der Waals surface area (Å²) in [7, 11) is 0. The van der Waals surface area contributed by atoms with Gasteiger partial charge in [-0.2, -0.15) is 13.2 Å².